The minimum atomic E-state index is -0.566. The van der Waals surface area contributed by atoms with Crippen molar-refractivity contribution < 1.29 is 9.13 Å². The molecule has 1 aromatic carbocycles. The third-order valence-electron chi connectivity index (χ3n) is 6.28. The van der Waals surface area contributed by atoms with Gasteiger partial charge in [0.15, 0.2) is 17.2 Å². The molecule has 5 heterocycles. The normalized spacial score (nSPS) is 14.4. The predicted octanol–water partition coefficient (Wildman–Crippen LogP) is 2.93. The minimum Gasteiger partial charge on any atom is -0.435 e. The van der Waals surface area contributed by atoms with Crippen LogP contribution in [0.25, 0.3) is 16.7 Å². The molecule has 0 saturated carbocycles. The van der Waals surface area contributed by atoms with Crippen molar-refractivity contribution in [2.75, 3.05) is 18.0 Å². The Morgan fingerprint density at radius 1 is 1.06 bits per heavy atom. The van der Waals surface area contributed by atoms with Crippen molar-refractivity contribution in [1.29, 1.82) is 0 Å². The van der Waals surface area contributed by atoms with E-state index >= 15 is 0 Å². The molecule has 36 heavy (non-hydrogen) atoms. The zero-order valence-corrected chi connectivity index (χ0v) is 19.4. The molecule has 0 unspecified atom stereocenters. The summed E-state index contributed by atoms with van der Waals surface area (Å²) in [5, 5.41) is 16.1. The maximum atomic E-state index is 14.8. The first-order valence-electron chi connectivity index (χ1n) is 11.6. The second-order valence-electron chi connectivity index (χ2n) is 8.44. The van der Waals surface area contributed by atoms with Crippen molar-refractivity contribution >= 4 is 17.0 Å². The lowest BCUT2D eigenvalue weighted by Crippen LogP contribution is -2.36. The first-order chi connectivity index (χ1) is 17.7. The molecule has 6 rings (SSSR count). The van der Waals surface area contributed by atoms with Crippen LogP contribution < -0.4 is 9.64 Å². The van der Waals surface area contributed by atoms with Gasteiger partial charge in [0.25, 0.3) is 0 Å². The number of hydrogen-bond acceptors (Lipinski definition) is 10. The largest absolute Gasteiger partial charge is 0.435 e. The second-order valence-corrected chi connectivity index (χ2v) is 8.44. The summed E-state index contributed by atoms with van der Waals surface area (Å²) in [5.41, 5.74) is 2.24. The lowest BCUT2D eigenvalue weighted by Gasteiger charge is -2.32. The van der Waals surface area contributed by atoms with Crippen LogP contribution in [-0.2, 0) is 6.42 Å². The number of nitrogens with zero attached hydrogens (tertiary/aromatic N) is 11. The van der Waals surface area contributed by atoms with Gasteiger partial charge in [0.05, 0.1) is 17.9 Å². The van der Waals surface area contributed by atoms with Gasteiger partial charge in [0.2, 0.25) is 11.8 Å². The fourth-order valence-electron chi connectivity index (χ4n) is 4.29. The lowest BCUT2D eigenvalue weighted by atomic mass is 10.1. The summed E-state index contributed by atoms with van der Waals surface area (Å²) >= 11 is 0. The minimum absolute atomic E-state index is 0.0296. The number of anilines is 1. The third-order valence-corrected chi connectivity index (χ3v) is 6.28. The molecule has 12 nitrogen and oxygen atoms in total. The Hall–Kier alpha value is -4.55. The Morgan fingerprint density at radius 2 is 1.89 bits per heavy atom. The Balaban J connectivity index is 1.19. The number of piperidine rings is 1. The van der Waals surface area contributed by atoms with Gasteiger partial charge in [-0.25, -0.2) is 33.7 Å². The molecule has 4 aromatic heterocycles. The number of ether oxygens (including phenoxy) is 1. The monoisotopic (exact) mass is 487 g/mol. The van der Waals surface area contributed by atoms with Gasteiger partial charge in [-0.15, -0.1) is 5.10 Å². The van der Waals surface area contributed by atoms with Crippen molar-refractivity contribution in [2.24, 2.45) is 0 Å². The molecule has 0 N–H and O–H groups in total. The fourth-order valence-corrected chi connectivity index (χ4v) is 4.29. The second kappa shape index (κ2) is 9.24. The summed E-state index contributed by atoms with van der Waals surface area (Å²) in [6.07, 6.45) is 10.9. The van der Waals surface area contributed by atoms with Gasteiger partial charge in [-0.05, 0) is 47.4 Å². The van der Waals surface area contributed by atoms with Gasteiger partial charge < -0.3 is 9.64 Å². The number of aromatic nitrogens is 10. The van der Waals surface area contributed by atoms with E-state index in [4.69, 9.17) is 4.74 Å². The molecule has 0 bridgehead atoms. The molecule has 182 valence electrons. The lowest BCUT2D eigenvalue weighted by molar-refractivity contribution is 0.372. The van der Waals surface area contributed by atoms with E-state index in [1.165, 1.54) is 29.5 Å². The number of tetrazole rings is 1. The summed E-state index contributed by atoms with van der Waals surface area (Å²) in [6, 6.07) is 4.61. The highest BCUT2D eigenvalue weighted by Gasteiger charge is 2.25. The Bertz CT molecular complexity index is 1480. The highest BCUT2D eigenvalue weighted by molar-refractivity contribution is 5.80. The van der Waals surface area contributed by atoms with E-state index in [1.54, 1.807) is 12.3 Å². The summed E-state index contributed by atoms with van der Waals surface area (Å²) in [5.74, 6) is 0.454. The maximum absolute atomic E-state index is 14.8. The van der Waals surface area contributed by atoms with Crippen LogP contribution in [0.5, 0.6) is 11.6 Å². The standard InChI is InChI=1S/C23H22FN11O/c1-2-15-10-25-23(26-11-15)33-7-5-16(6-8-33)35-21-18(12-30-35)22(28-13-27-21)36-20-4-3-17(9-19(20)24)34-14-29-31-32-34/h3-4,9-14,16H,2,5-8H2,1H3. The third kappa shape index (κ3) is 4.08. The van der Waals surface area contributed by atoms with E-state index in [0.29, 0.717) is 16.7 Å². The van der Waals surface area contributed by atoms with E-state index in [0.717, 1.165) is 43.9 Å². The number of benzene rings is 1. The topological polar surface area (TPSA) is 125 Å². The van der Waals surface area contributed by atoms with Crippen LogP contribution >= 0.6 is 0 Å². The van der Waals surface area contributed by atoms with Crippen molar-refractivity contribution in [2.45, 2.75) is 32.2 Å². The number of aryl methyl sites for hydroxylation is 1. The van der Waals surface area contributed by atoms with Crippen molar-refractivity contribution in [1.82, 2.24) is 49.9 Å². The number of hydrogen-bond donors (Lipinski definition) is 0. The number of rotatable bonds is 6. The van der Waals surface area contributed by atoms with Gasteiger partial charge in [0.1, 0.15) is 18.0 Å². The van der Waals surface area contributed by atoms with Gasteiger partial charge in [0, 0.05) is 31.5 Å². The van der Waals surface area contributed by atoms with E-state index in [9.17, 15) is 4.39 Å². The summed E-state index contributed by atoms with van der Waals surface area (Å²) in [4.78, 5) is 19.9. The first kappa shape index (κ1) is 21.9. The molecule has 5 aromatic rings. The molecule has 0 amide bonds. The average Bonchev–Trinajstić information content (AvgIpc) is 3.61. The van der Waals surface area contributed by atoms with E-state index in [1.807, 2.05) is 17.1 Å². The van der Waals surface area contributed by atoms with E-state index in [-0.39, 0.29) is 17.7 Å². The van der Waals surface area contributed by atoms with Crippen LogP contribution in [0.1, 0.15) is 31.4 Å². The molecule has 1 saturated heterocycles. The Labute approximate surface area is 204 Å². The molecule has 1 aliphatic heterocycles. The van der Waals surface area contributed by atoms with Gasteiger partial charge in [-0.3, -0.25) is 0 Å². The zero-order valence-electron chi connectivity index (χ0n) is 19.4. The average molecular weight is 488 g/mol. The molecule has 1 fully saturated rings. The van der Waals surface area contributed by atoms with Crippen molar-refractivity contribution in [3.63, 3.8) is 0 Å². The van der Waals surface area contributed by atoms with Gasteiger partial charge in [-0.2, -0.15) is 5.10 Å². The van der Waals surface area contributed by atoms with Crippen LogP contribution in [0, 0.1) is 5.82 Å². The number of fused-ring (bicyclic) bond motifs is 1. The molecular formula is C23H22FN11O. The van der Waals surface area contributed by atoms with Gasteiger partial charge in [-0.1, -0.05) is 6.92 Å². The molecule has 0 atom stereocenters. The van der Waals surface area contributed by atoms with Crippen LogP contribution in [0.4, 0.5) is 10.3 Å². The Kier molecular flexibility index (Phi) is 5.64. The molecule has 0 aliphatic carbocycles. The van der Waals surface area contributed by atoms with Crippen molar-refractivity contribution in [3.05, 3.63) is 60.8 Å². The van der Waals surface area contributed by atoms with Crippen LogP contribution in [0.15, 0.2) is 49.4 Å². The quantitative estimate of drug-likeness (QED) is 0.353. The molecular weight excluding hydrogens is 465 g/mol. The summed E-state index contributed by atoms with van der Waals surface area (Å²) in [6.45, 7) is 3.71. The van der Waals surface area contributed by atoms with Crippen molar-refractivity contribution in [3.8, 4) is 17.3 Å². The number of halogens is 1. The highest BCUT2D eigenvalue weighted by atomic mass is 19.1. The van der Waals surface area contributed by atoms with Crippen LogP contribution in [-0.4, -0.2) is 63.0 Å². The zero-order chi connectivity index (χ0) is 24.5. The van der Waals surface area contributed by atoms with Crippen LogP contribution in [0.3, 0.4) is 0 Å². The van der Waals surface area contributed by atoms with E-state index < -0.39 is 5.82 Å². The SMILES string of the molecule is CCc1cnc(N2CCC(n3ncc4c(Oc5ccc(-n6cnnn6)cc5F)ncnc43)CC2)nc1. The highest BCUT2D eigenvalue weighted by Crippen LogP contribution is 2.32. The van der Waals surface area contributed by atoms with Gasteiger partial charge >= 0.3 is 0 Å². The molecule has 13 heteroatoms. The predicted molar refractivity (Wildman–Crippen MR) is 126 cm³/mol. The molecule has 0 spiro atoms. The Morgan fingerprint density at radius 3 is 2.61 bits per heavy atom. The smallest absolute Gasteiger partial charge is 0.233 e. The fraction of sp³-hybridized carbons (Fsp3) is 0.304. The summed E-state index contributed by atoms with van der Waals surface area (Å²) < 4.78 is 23.8. The maximum Gasteiger partial charge on any atom is 0.233 e. The van der Waals surface area contributed by atoms with E-state index in [2.05, 4.69) is 52.4 Å². The molecule has 1 aliphatic rings. The first-order valence-corrected chi connectivity index (χ1v) is 11.6. The van der Waals surface area contributed by atoms with Crippen LogP contribution in [0.2, 0.25) is 0 Å². The molecule has 0 radical (unpaired) electrons. The summed E-state index contributed by atoms with van der Waals surface area (Å²) in [7, 11) is 0.